The quantitative estimate of drug-likeness (QED) is 0.541. The summed E-state index contributed by atoms with van der Waals surface area (Å²) in [5.74, 6) is -0.662. The van der Waals surface area contributed by atoms with Gasteiger partial charge in [0.05, 0.1) is 33.0 Å². The molecule has 9 heteroatoms. The molecule has 1 aromatic heterocycles. The fourth-order valence-electron chi connectivity index (χ4n) is 3.46. The fraction of sp³-hybridized carbons (Fsp3) is 0.364. The number of anilines is 1. The number of thiazole rings is 1. The van der Waals surface area contributed by atoms with Gasteiger partial charge in [0, 0.05) is 12.2 Å². The summed E-state index contributed by atoms with van der Waals surface area (Å²) in [6, 6.07) is 10.3. The Kier molecular flexibility index (Phi) is 6.09. The average molecular weight is 463 g/mol. The number of rotatable bonds is 6. The molecule has 1 amide bonds. The first-order valence-corrected chi connectivity index (χ1v) is 12.5. The Morgan fingerprint density at radius 1 is 1.26 bits per heavy atom. The van der Waals surface area contributed by atoms with E-state index in [1.165, 1.54) is 47.7 Å². The lowest BCUT2D eigenvalue weighted by atomic mass is 10.2. The summed E-state index contributed by atoms with van der Waals surface area (Å²) in [4.78, 5) is 19.6. The molecule has 0 radical (unpaired) electrons. The van der Waals surface area contributed by atoms with E-state index in [-0.39, 0.29) is 22.7 Å². The van der Waals surface area contributed by atoms with Crippen LogP contribution in [0.2, 0.25) is 0 Å². The Morgan fingerprint density at radius 3 is 2.65 bits per heavy atom. The van der Waals surface area contributed by atoms with Gasteiger partial charge in [0.2, 0.25) is 0 Å². The highest BCUT2D eigenvalue weighted by atomic mass is 32.2. The van der Waals surface area contributed by atoms with Crippen LogP contribution in [0.3, 0.4) is 0 Å². The van der Waals surface area contributed by atoms with E-state index in [9.17, 15) is 17.6 Å². The van der Waals surface area contributed by atoms with E-state index in [4.69, 9.17) is 4.74 Å². The zero-order valence-electron chi connectivity index (χ0n) is 17.2. The Balaban J connectivity index is 1.68. The molecule has 2 aromatic carbocycles. The number of sulfone groups is 1. The van der Waals surface area contributed by atoms with Gasteiger partial charge in [0.15, 0.2) is 15.0 Å². The third-order valence-electron chi connectivity index (χ3n) is 5.28. The zero-order valence-corrected chi connectivity index (χ0v) is 18.9. The minimum atomic E-state index is -3.42. The summed E-state index contributed by atoms with van der Waals surface area (Å²) in [5.41, 5.74) is 0.969. The standard InChI is InChI=1S/C22H23FN2O4S2/c1-14(2)31(27,28)18-8-5-15(6-9-18)21(26)25(13-17-4-3-11-29-17)22-24-19-10-7-16(23)12-20(19)30-22/h5-10,12,14,17H,3-4,11,13H2,1-2H3. The molecule has 2 heterocycles. The maximum atomic E-state index is 13.6. The number of hydrogen-bond acceptors (Lipinski definition) is 6. The molecule has 1 aliphatic rings. The summed E-state index contributed by atoms with van der Waals surface area (Å²) in [6.07, 6.45) is 1.67. The summed E-state index contributed by atoms with van der Waals surface area (Å²) in [6.45, 7) is 4.22. The molecule has 0 spiro atoms. The van der Waals surface area contributed by atoms with E-state index >= 15 is 0 Å². The number of carbonyl (C=O) groups excluding carboxylic acids is 1. The topological polar surface area (TPSA) is 76.6 Å². The van der Waals surface area contributed by atoms with Crippen molar-refractivity contribution in [1.82, 2.24) is 4.98 Å². The largest absolute Gasteiger partial charge is 0.376 e. The molecular formula is C22H23FN2O4S2. The average Bonchev–Trinajstić information content (AvgIpc) is 3.40. The van der Waals surface area contributed by atoms with Crippen LogP contribution < -0.4 is 4.90 Å². The normalized spacial score (nSPS) is 16.8. The van der Waals surface area contributed by atoms with Crippen molar-refractivity contribution in [3.8, 4) is 0 Å². The molecule has 31 heavy (non-hydrogen) atoms. The maximum absolute atomic E-state index is 13.6. The predicted octanol–water partition coefficient (Wildman–Crippen LogP) is 4.44. The van der Waals surface area contributed by atoms with Crippen molar-refractivity contribution >= 4 is 42.4 Å². The molecule has 0 N–H and O–H groups in total. The predicted molar refractivity (Wildman–Crippen MR) is 119 cm³/mol. The van der Waals surface area contributed by atoms with E-state index in [0.717, 1.165) is 12.8 Å². The third-order valence-corrected chi connectivity index (χ3v) is 8.49. The van der Waals surface area contributed by atoms with Gasteiger partial charge in [-0.05, 0) is 69.2 Å². The number of hydrogen-bond donors (Lipinski definition) is 0. The number of benzene rings is 2. The Labute approximate surface area is 184 Å². The minimum Gasteiger partial charge on any atom is -0.376 e. The molecule has 1 unspecified atom stereocenters. The Bertz CT molecular complexity index is 1200. The van der Waals surface area contributed by atoms with Crippen LogP contribution in [0.5, 0.6) is 0 Å². The molecule has 1 fully saturated rings. The Hall–Kier alpha value is -2.36. The summed E-state index contributed by atoms with van der Waals surface area (Å²) >= 11 is 1.24. The van der Waals surface area contributed by atoms with Crippen LogP contribution in [-0.4, -0.2) is 43.8 Å². The zero-order chi connectivity index (χ0) is 22.2. The lowest BCUT2D eigenvalue weighted by Crippen LogP contribution is -2.37. The van der Waals surface area contributed by atoms with Crippen LogP contribution in [0.15, 0.2) is 47.4 Å². The van der Waals surface area contributed by atoms with Crippen molar-refractivity contribution in [2.45, 2.75) is 42.9 Å². The van der Waals surface area contributed by atoms with Crippen LogP contribution in [-0.2, 0) is 14.6 Å². The smallest absolute Gasteiger partial charge is 0.260 e. The van der Waals surface area contributed by atoms with Gasteiger partial charge in [-0.25, -0.2) is 17.8 Å². The fourth-order valence-corrected chi connectivity index (χ4v) is 5.51. The molecule has 3 aromatic rings. The van der Waals surface area contributed by atoms with Crippen molar-refractivity contribution in [3.05, 3.63) is 53.8 Å². The first-order valence-electron chi connectivity index (χ1n) is 10.1. The van der Waals surface area contributed by atoms with Crippen LogP contribution >= 0.6 is 11.3 Å². The SMILES string of the molecule is CC(C)S(=O)(=O)c1ccc(C(=O)N(CC2CCCO2)c2nc3ccc(F)cc3s2)cc1. The van der Waals surface area contributed by atoms with Crippen molar-refractivity contribution < 1.29 is 22.3 Å². The summed E-state index contributed by atoms with van der Waals surface area (Å²) in [7, 11) is -3.42. The molecule has 1 saturated heterocycles. The van der Waals surface area contributed by atoms with E-state index < -0.39 is 15.1 Å². The van der Waals surface area contributed by atoms with Crippen LogP contribution in [0, 0.1) is 5.82 Å². The van der Waals surface area contributed by atoms with Gasteiger partial charge in [-0.3, -0.25) is 9.69 Å². The number of fused-ring (bicyclic) bond motifs is 1. The molecule has 164 valence electrons. The molecule has 4 rings (SSSR count). The molecule has 0 bridgehead atoms. The highest BCUT2D eigenvalue weighted by Gasteiger charge is 2.28. The molecular weight excluding hydrogens is 439 g/mol. The highest BCUT2D eigenvalue weighted by Crippen LogP contribution is 2.31. The van der Waals surface area contributed by atoms with Crippen molar-refractivity contribution in [2.75, 3.05) is 18.1 Å². The minimum absolute atomic E-state index is 0.103. The van der Waals surface area contributed by atoms with Crippen molar-refractivity contribution in [3.63, 3.8) is 0 Å². The molecule has 0 aliphatic carbocycles. The molecule has 6 nitrogen and oxygen atoms in total. The summed E-state index contributed by atoms with van der Waals surface area (Å²) in [5, 5.41) is -0.0896. The van der Waals surface area contributed by atoms with Crippen LogP contribution in [0.4, 0.5) is 9.52 Å². The second-order valence-corrected chi connectivity index (χ2v) is 11.3. The van der Waals surface area contributed by atoms with Gasteiger partial charge in [0.25, 0.3) is 5.91 Å². The lowest BCUT2D eigenvalue weighted by Gasteiger charge is -2.23. The number of amides is 1. The van der Waals surface area contributed by atoms with Gasteiger partial charge in [-0.15, -0.1) is 0 Å². The van der Waals surface area contributed by atoms with E-state index in [0.29, 0.717) is 34.1 Å². The first kappa shape index (κ1) is 21.9. The third kappa shape index (κ3) is 4.49. The van der Waals surface area contributed by atoms with Gasteiger partial charge < -0.3 is 4.74 Å². The van der Waals surface area contributed by atoms with E-state index in [1.807, 2.05) is 0 Å². The van der Waals surface area contributed by atoms with Gasteiger partial charge in [-0.1, -0.05) is 11.3 Å². The van der Waals surface area contributed by atoms with E-state index in [2.05, 4.69) is 4.98 Å². The molecule has 0 saturated carbocycles. The van der Waals surface area contributed by atoms with Gasteiger partial charge in [-0.2, -0.15) is 0 Å². The number of aromatic nitrogens is 1. The number of ether oxygens (including phenoxy) is 1. The van der Waals surface area contributed by atoms with Crippen LogP contribution in [0.25, 0.3) is 10.2 Å². The first-order chi connectivity index (χ1) is 14.8. The second-order valence-electron chi connectivity index (χ2n) is 7.78. The summed E-state index contributed by atoms with van der Waals surface area (Å²) < 4.78 is 44.7. The van der Waals surface area contributed by atoms with Crippen molar-refractivity contribution in [2.24, 2.45) is 0 Å². The lowest BCUT2D eigenvalue weighted by molar-refractivity contribution is 0.0917. The monoisotopic (exact) mass is 462 g/mol. The number of carbonyl (C=O) groups is 1. The van der Waals surface area contributed by atoms with E-state index in [1.54, 1.807) is 24.8 Å². The second kappa shape index (κ2) is 8.64. The van der Waals surface area contributed by atoms with Crippen LogP contribution in [0.1, 0.15) is 37.0 Å². The van der Waals surface area contributed by atoms with Gasteiger partial charge >= 0.3 is 0 Å². The molecule has 1 atom stereocenters. The Morgan fingerprint density at radius 2 is 2.00 bits per heavy atom. The molecule has 1 aliphatic heterocycles. The number of halogens is 1. The van der Waals surface area contributed by atoms with Gasteiger partial charge in [0.1, 0.15) is 5.82 Å². The van der Waals surface area contributed by atoms with Crippen molar-refractivity contribution in [1.29, 1.82) is 0 Å². The maximum Gasteiger partial charge on any atom is 0.260 e. The highest BCUT2D eigenvalue weighted by molar-refractivity contribution is 7.92. The number of nitrogens with zero attached hydrogens (tertiary/aromatic N) is 2.